The van der Waals surface area contributed by atoms with Crippen LogP contribution in [0.15, 0.2) is 57.5 Å². The third-order valence-corrected chi connectivity index (χ3v) is 5.85. The smallest absolute Gasteiger partial charge is 0.266 e. The number of thiophene rings is 1. The summed E-state index contributed by atoms with van der Waals surface area (Å²) in [5.74, 6) is -2.38. The first kappa shape index (κ1) is 18.4. The number of aromatic nitrogens is 2. The van der Waals surface area contributed by atoms with Crippen molar-refractivity contribution in [2.45, 2.75) is 11.4 Å². The molecule has 0 spiro atoms. The molecule has 0 unspecified atom stereocenters. The van der Waals surface area contributed by atoms with E-state index < -0.39 is 32.1 Å². The number of hydrogen-bond acceptors (Lipinski definition) is 5. The SMILES string of the molecule is O=c1ccc(-c2cccs2)nn1CCNS(=O)(=O)c1c(F)cccc1F. The van der Waals surface area contributed by atoms with Crippen molar-refractivity contribution in [1.82, 2.24) is 14.5 Å². The van der Waals surface area contributed by atoms with Crippen LogP contribution in [0.1, 0.15) is 0 Å². The molecule has 0 amide bonds. The summed E-state index contributed by atoms with van der Waals surface area (Å²) in [6.07, 6.45) is 0. The fraction of sp³-hybridized carbons (Fsp3) is 0.125. The van der Waals surface area contributed by atoms with Crippen LogP contribution in [0.2, 0.25) is 0 Å². The van der Waals surface area contributed by atoms with Crippen LogP contribution in [-0.4, -0.2) is 24.7 Å². The Morgan fingerprint density at radius 1 is 1.08 bits per heavy atom. The molecule has 0 atom stereocenters. The van der Waals surface area contributed by atoms with Crippen molar-refractivity contribution >= 4 is 21.4 Å². The van der Waals surface area contributed by atoms with Crippen LogP contribution in [0.5, 0.6) is 0 Å². The minimum absolute atomic E-state index is 0.0899. The molecule has 0 saturated heterocycles. The first-order valence-electron chi connectivity index (χ1n) is 7.44. The predicted molar refractivity (Wildman–Crippen MR) is 93.4 cm³/mol. The molecule has 136 valence electrons. The first-order chi connectivity index (χ1) is 12.4. The molecule has 3 rings (SSSR count). The van der Waals surface area contributed by atoms with Gasteiger partial charge in [-0.25, -0.2) is 26.6 Å². The standard InChI is InChI=1S/C16H13F2N3O3S2/c17-11-3-1-4-12(18)16(11)26(23,24)19-8-9-21-15(22)7-6-13(20-21)14-5-2-10-25-14/h1-7,10,19H,8-9H2. The van der Waals surface area contributed by atoms with Gasteiger partial charge in [0.2, 0.25) is 10.0 Å². The Morgan fingerprint density at radius 2 is 1.81 bits per heavy atom. The van der Waals surface area contributed by atoms with E-state index in [2.05, 4.69) is 9.82 Å². The zero-order valence-electron chi connectivity index (χ0n) is 13.2. The molecule has 0 aliphatic heterocycles. The lowest BCUT2D eigenvalue weighted by molar-refractivity contribution is 0.508. The average molecular weight is 397 g/mol. The molecule has 2 heterocycles. The molecule has 0 radical (unpaired) electrons. The van der Waals surface area contributed by atoms with Crippen molar-refractivity contribution in [1.29, 1.82) is 0 Å². The zero-order chi connectivity index (χ0) is 18.7. The molecule has 1 aromatic carbocycles. The molecule has 0 aliphatic carbocycles. The van der Waals surface area contributed by atoms with E-state index in [9.17, 15) is 22.0 Å². The summed E-state index contributed by atoms with van der Waals surface area (Å²) in [6.45, 7) is -0.343. The fourth-order valence-electron chi connectivity index (χ4n) is 2.26. The third kappa shape index (κ3) is 3.87. The van der Waals surface area contributed by atoms with Crippen LogP contribution >= 0.6 is 11.3 Å². The summed E-state index contributed by atoms with van der Waals surface area (Å²) in [5.41, 5.74) is 0.157. The molecular weight excluding hydrogens is 384 g/mol. The number of rotatable bonds is 6. The quantitative estimate of drug-likeness (QED) is 0.692. The van der Waals surface area contributed by atoms with Crippen LogP contribution in [0.25, 0.3) is 10.6 Å². The van der Waals surface area contributed by atoms with Gasteiger partial charge in [-0.05, 0) is 29.6 Å². The third-order valence-electron chi connectivity index (χ3n) is 3.44. The maximum absolute atomic E-state index is 13.6. The van der Waals surface area contributed by atoms with E-state index in [0.29, 0.717) is 5.69 Å². The average Bonchev–Trinajstić information content (AvgIpc) is 3.10. The summed E-state index contributed by atoms with van der Waals surface area (Å²) in [4.78, 5) is 11.7. The van der Waals surface area contributed by atoms with Gasteiger partial charge in [0.05, 0.1) is 11.4 Å². The molecule has 26 heavy (non-hydrogen) atoms. The number of benzene rings is 1. The number of nitrogens with one attached hydrogen (secondary N) is 1. The number of nitrogens with zero attached hydrogens (tertiary/aromatic N) is 2. The molecule has 2 aromatic heterocycles. The molecule has 6 nitrogen and oxygen atoms in total. The summed E-state index contributed by atoms with van der Waals surface area (Å²) in [5, 5.41) is 6.04. The minimum atomic E-state index is -4.40. The lowest BCUT2D eigenvalue weighted by atomic mass is 10.3. The Kier molecular flexibility index (Phi) is 5.25. The van der Waals surface area contributed by atoms with Crippen molar-refractivity contribution in [3.05, 3.63) is 69.8 Å². The molecule has 10 heteroatoms. The molecule has 1 N–H and O–H groups in total. The molecule has 0 bridgehead atoms. The second kappa shape index (κ2) is 7.44. The van der Waals surface area contributed by atoms with Gasteiger partial charge in [-0.3, -0.25) is 4.79 Å². The van der Waals surface area contributed by atoms with Gasteiger partial charge in [0.25, 0.3) is 5.56 Å². The number of halogens is 2. The number of sulfonamides is 1. The van der Waals surface area contributed by atoms with Crippen LogP contribution < -0.4 is 10.3 Å². The van der Waals surface area contributed by atoms with Crippen molar-refractivity contribution in [2.75, 3.05) is 6.54 Å². The Morgan fingerprint density at radius 3 is 2.46 bits per heavy atom. The highest BCUT2D eigenvalue weighted by Crippen LogP contribution is 2.21. The Bertz CT molecular complexity index is 1060. The molecule has 0 saturated carbocycles. The Labute approximate surface area is 151 Å². The van der Waals surface area contributed by atoms with Crippen molar-refractivity contribution in [3.63, 3.8) is 0 Å². The second-order valence-electron chi connectivity index (χ2n) is 5.21. The van der Waals surface area contributed by atoms with E-state index in [4.69, 9.17) is 0 Å². The summed E-state index contributed by atoms with van der Waals surface area (Å²) < 4.78 is 54.7. The van der Waals surface area contributed by atoms with E-state index >= 15 is 0 Å². The van der Waals surface area contributed by atoms with Crippen molar-refractivity contribution in [2.24, 2.45) is 0 Å². The van der Waals surface area contributed by atoms with E-state index in [0.717, 1.165) is 27.8 Å². The highest BCUT2D eigenvalue weighted by Gasteiger charge is 2.23. The van der Waals surface area contributed by atoms with E-state index in [1.807, 2.05) is 17.5 Å². The van der Waals surface area contributed by atoms with Crippen LogP contribution in [-0.2, 0) is 16.6 Å². The Hall–Kier alpha value is -2.43. The van der Waals surface area contributed by atoms with Gasteiger partial charge < -0.3 is 0 Å². The van der Waals surface area contributed by atoms with Gasteiger partial charge in [-0.15, -0.1) is 11.3 Å². The topological polar surface area (TPSA) is 81.1 Å². The fourth-order valence-corrected chi connectivity index (χ4v) is 4.11. The van der Waals surface area contributed by atoms with Gasteiger partial charge in [0, 0.05) is 12.6 Å². The lowest BCUT2D eigenvalue weighted by Gasteiger charge is -2.10. The highest BCUT2D eigenvalue weighted by molar-refractivity contribution is 7.89. The maximum atomic E-state index is 13.6. The highest BCUT2D eigenvalue weighted by atomic mass is 32.2. The monoisotopic (exact) mass is 397 g/mol. The first-order valence-corrected chi connectivity index (χ1v) is 9.80. The molecule has 0 fully saturated rings. The summed E-state index contributed by atoms with van der Waals surface area (Å²) in [7, 11) is -4.40. The van der Waals surface area contributed by atoms with Crippen LogP contribution in [0, 0.1) is 11.6 Å². The van der Waals surface area contributed by atoms with Gasteiger partial charge in [-0.1, -0.05) is 12.1 Å². The van der Waals surface area contributed by atoms with Crippen molar-refractivity contribution in [3.8, 4) is 10.6 Å². The minimum Gasteiger partial charge on any atom is -0.268 e. The molecular formula is C16H13F2N3O3S2. The van der Waals surface area contributed by atoms with Gasteiger partial charge in [0.1, 0.15) is 17.3 Å². The largest absolute Gasteiger partial charge is 0.268 e. The van der Waals surface area contributed by atoms with Crippen LogP contribution in [0.4, 0.5) is 8.78 Å². The van der Waals surface area contributed by atoms with E-state index in [1.54, 1.807) is 6.07 Å². The van der Waals surface area contributed by atoms with Crippen LogP contribution in [0.3, 0.4) is 0 Å². The van der Waals surface area contributed by atoms with E-state index in [1.165, 1.54) is 17.4 Å². The summed E-state index contributed by atoms with van der Waals surface area (Å²) in [6, 6.07) is 9.36. The van der Waals surface area contributed by atoms with Gasteiger partial charge >= 0.3 is 0 Å². The van der Waals surface area contributed by atoms with Gasteiger partial charge in [0.15, 0.2) is 4.90 Å². The maximum Gasteiger partial charge on any atom is 0.266 e. The zero-order valence-corrected chi connectivity index (χ0v) is 14.9. The lowest BCUT2D eigenvalue weighted by Crippen LogP contribution is -2.32. The van der Waals surface area contributed by atoms with Gasteiger partial charge in [-0.2, -0.15) is 5.10 Å². The van der Waals surface area contributed by atoms with E-state index in [-0.39, 0.29) is 13.1 Å². The normalized spacial score (nSPS) is 11.6. The number of hydrogen-bond donors (Lipinski definition) is 1. The van der Waals surface area contributed by atoms with Crippen molar-refractivity contribution < 1.29 is 17.2 Å². The predicted octanol–water partition coefficient (Wildman–Crippen LogP) is 2.23. The second-order valence-corrected chi connectivity index (χ2v) is 7.86. The Balaban J connectivity index is 1.76. The summed E-state index contributed by atoms with van der Waals surface area (Å²) >= 11 is 1.45. The molecule has 3 aromatic rings. The molecule has 0 aliphatic rings.